The maximum atomic E-state index is 5.65. The Kier molecular flexibility index (Phi) is 3.22. The van der Waals surface area contributed by atoms with E-state index in [1.54, 1.807) is 12.3 Å². The lowest BCUT2D eigenvalue weighted by molar-refractivity contribution is 0.167. The van der Waals surface area contributed by atoms with E-state index >= 15 is 0 Å². The highest BCUT2D eigenvalue weighted by atomic mass is 35.5. The highest BCUT2D eigenvalue weighted by Crippen LogP contribution is 2.16. The smallest absolute Gasteiger partial charge is 0.137 e. The Balaban J connectivity index is 1.82. The van der Waals surface area contributed by atoms with E-state index < -0.39 is 0 Å². The summed E-state index contributed by atoms with van der Waals surface area (Å²) >= 11 is 5.65. The molecule has 0 unspecified atom stereocenters. The van der Waals surface area contributed by atoms with Crippen LogP contribution >= 0.6 is 11.6 Å². The van der Waals surface area contributed by atoms with E-state index in [0.29, 0.717) is 17.7 Å². The SMILES string of the molecule is Clc1ccc(OC[C@@H]2CCOC2)cn1. The summed E-state index contributed by atoms with van der Waals surface area (Å²) in [6.45, 7) is 2.36. The number of pyridine rings is 1. The lowest BCUT2D eigenvalue weighted by Crippen LogP contribution is -2.11. The van der Waals surface area contributed by atoms with Gasteiger partial charge in [-0.3, -0.25) is 0 Å². The van der Waals surface area contributed by atoms with Gasteiger partial charge in [0, 0.05) is 12.5 Å². The van der Waals surface area contributed by atoms with Crippen molar-refractivity contribution < 1.29 is 9.47 Å². The van der Waals surface area contributed by atoms with Gasteiger partial charge in [0.05, 0.1) is 19.4 Å². The van der Waals surface area contributed by atoms with Crippen LogP contribution in [0.4, 0.5) is 0 Å². The Morgan fingerprint density at radius 3 is 3.14 bits per heavy atom. The summed E-state index contributed by atoms with van der Waals surface area (Å²) in [7, 11) is 0. The van der Waals surface area contributed by atoms with Gasteiger partial charge in [0.1, 0.15) is 10.9 Å². The first-order valence-electron chi connectivity index (χ1n) is 4.67. The number of aromatic nitrogens is 1. The van der Waals surface area contributed by atoms with Crippen LogP contribution < -0.4 is 4.74 Å². The highest BCUT2D eigenvalue weighted by Gasteiger charge is 2.15. The van der Waals surface area contributed by atoms with Crippen molar-refractivity contribution in [1.82, 2.24) is 4.98 Å². The molecule has 76 valence electrons. The number of nitrogens with zero attached hydrogens (tertiary/aromatic N) is 1. The normalized spacial score (nSPS) is 21.1. The zero-order valence-corrected chi connectivity index (χ0v) is 8.54. The molecule has 2 rings (SSSR count). The van der Waals surface area contributed by atoms with Gasteiger partial charge < -0.3 is 9.47 Å². The summed E-state index contributed by atoms with van der Waals surface area (Å²) in [5.74, 6) is 1.28. The van der Waals surface area contributed by atoms with E-state index in [9.17, 15) is 0 Å². The minimum atomic E-state index is 0.488. The van der Waals surface area contributed by atoms with Crippen LogP contribution in [0, 0.1) is 5.92 Å². The van der Waals surface area contributed by atoms with Gasteiger partial charge in [0.25, 0.3) is 0 Å². The molecule has 0 N–H and O–H groups in total. The van der Waals surface area contributed by atoms with Gasteiger partial charge in [-0.25, -0.2) is 4.98 Å². The van der Waals surface area contributed by atoms with Crippen molar-refractivity contribution in [2.45, 2.75) is 6.42 Å². The van der Waals surface area contributed by atoms with Gasteiger partial charge in [-0.1, -0.05) is 11.6 Å². The van der Waals surface area contributed by atoms with Gasteiger partial charge in [-0.15, -0.1) is 0 Å². The van der Waals surface area contributed by atoms with Crippen LogP contribution in [0.25, 0.3) is 0 Å². The summed E-state index contributed by atoms with van der Waals surface area (Å²) in [6, 6.07) is 3.55. The van der Waals surface area contributed by atoms with Crippen LogP contribution in [0.15, 0.2) is 18.3 Å². The van der Waals surface area contributed by atoms with E-state index in [1.807, 2.05) is 6.07 Å². The molecule has 1 aliphatic rings. The first-order valence-corrected chi connectivity index (χ1v) is 5.04. The largest absolute Gasteiger partial charge is 0.492 e. The highest BCUT2D eigenvalue weighted by molar-refractivity contribution is 6.29. The predicted molar refractivity (Wildman–Crippen MR) is 53.7 cm³/mol. The van der Waals surface area contributed by atoms with Gasteiger partial charge in [0.2, 0.25) is 0 Å². The maximum Gasteiger partial charge on any atom is 0.137 e. The molecule has 1 aromatic heterocycles. The van der Waals surface area contributed by atoms with E-state index in [4.69, 9.17) is 21.1 Å². The van der Waals surface area contributed by atoms with E-state index in [1.165, 1.54) is 0 Å². The third-order valence-electron chi connectivity index (χ3n) is 2.21. The molecule has 1 fully saturated rings. The van der Waals surface area contributed by atoms with Crippen LogP contribution in [0.1, 0.15) is 6.42 Å². The molecule has 0 bridgehead atoms. The summed E-state index contributed by atoms with van der Waals surface area (Å²) in [5.41, 5.74) is 0. The minimum absolute atomic E-state index is 0.488. The average Bonchev–Trinajstić information content (AvgIpc) is 2.70. The number of hydrogen-bond donors (Lipinski definition) is 0. The fourth-order valence-corrected chi connectivity index (χ4v) is 1.49. The van der Waals surface area contributed by atoms with E-state index in [0.717, 1.165) is 25.4 Å². The third-order valence-corrected chi connectivity index (χ3v) is 2.43. The molecule has 3 nitrogen and oxygen atoms in total. The molecule has 1 saturated heterocycles. The van der Waals surface area contributed by atoms with E-state index in [-0.39, 0.29) is 0 Å². The first kappa shape index (κ1) is 9.74. The van der Waals surface area contributed by atoms with Crippen molar-refractivity contribution >= 4 is 11.6 Å². The standard InChI is InChI=1S/C10H12ClNO2/c11-10-2-1-9(5-12-10)14-7-8-3-4-13-6-8/h1-2,5,8H,3-4,6-7H2/t8-/m1/s1. The lowest BCUT2D eigenvalue weighted by atomic mass is 10.1. The quantitative estimate of drug-likeness (QED) is 0.721. The van der Waals surface area contributed by atoms with Crippen LogP contribution in [-0.2, 0) is 4.74 Å². The van der Waals surface area contributed by atoms with Crippen molar-refractivity contribution in [2.24, 2.45) is 5.92 Å². The number of ether oxygens (including phenoxy) is 2. The summed E-state index contributed by atoms with van der Waals surface area (Å²) in [4.78, 5) is 3.93. The molecule has 1 aliphatic heterocycles. The molecule has 1 atom stereocenters. The number of rotatable bonds is 3. The Labute approximate surface area is 88.0 Å². The number of halogens is 1. The molecule has 2 heterocycles. The molecule has 0 aromatic carbocycles. The summed E-state index contributed by atoms with van der Waals surface area (Å²) < 4.78 is 10.8. The fourth-order valence-electron chi connectivity index (χ4n) is 1.38. The molecule has 0 spiro atoms. The topological polar surface area (TPSA) is 31.4 Å². The Hall–Kier alpha value is -0.800. The van der Waals surface area contributed by atoms with Crippen LogP contribution in [-0.4, -0.2) is 24.8 Å². The maximum absolute atomic E-state index is 5.65. The van der Waals surface area contributed by atoms with Crippen molar-refractivity contribution in [2.75, 3.05) is 19.8 Å². The van der Waals surface area contributed by atoms with Gasteiger partial charge in [0.15, 0.2) is 0 Å². The van der Waals surface area contributed by atoms with Crippen molar-refractivity contribution in [3.63, 3.8) is 0 Å². The summed E-state index contributed by atoms with van der Waals surface area (Å²) in [6.07, 6.45) is 2.72. The molecule has 1 aromatic rings. The molecule has 0 saturated carbocycles. The van der Waals surface area contributed by atoms with Crippen molar-refractivity contribution in [3.05, 3.63) is 23.5 Å². The van der Waals surface area contributed by atoms with E-state index in [2.05, 4.69) is 4.98 Å². The molecular formula is C10H12ClNO2. The second kappa shape index (κ2) is 4.62. The summed E-state index contributed by atoms with van der Waals surface area (Å²) in [5, 5.41) is 0.488. The fraction of sp³-hybridized carbons (Fsp3) is 0.500. The predicted octanol–water partition coefficient (Wildman–Crippen LogP) is 2.15. The Bertz CT molecular complexity index is 283. The van der Waals surface area contributed by atoms with Crippen LogP contribution in [0.3, 0.4) is 0 Å². The minimum Gasteiger partial charge on any atom is -0.492 e. The molecular weight excluding hydrogens is 202 g/mol. The first-order chi connectivity index (χ1) is 6.84. The van der Waals surface area contributed by atoms with Crippen molar-refractivity contribution in [3.8, 4) is 5.75 Å². The average molecular weight is 214 g/mol. The monoisotopic (exact) mass is 213 g/mol. The molecule has 4 heteroatoms. The second-order valence-corrected chi connectivity index (χ2v) is 3.74. The zero-order valence-electron chi connectivity index (χ0n) is 7.78. The zero-order chi connectivity index (χ0) is 9.80. The molecule has 0 amide bonds. The molecule has 0 radical (unpaired) electrons. The molecule has 0 aliphatic carbocycles. The Morgan fingerprint density at radius 2 is 2.50 bits per heavy atom. The van der Waals surface area contributed by atoms with Gasteiger partial charge in [-0.05, 0) is 18.6 Å². The van der Waals surface area contributed by atoms with Gasteiger partial charge >= 0.3 is 0 Å². The lowest BCUT2D eigenvalue weighted by Gasteiger charge is -2.09. The molecule has 14 heavy (non-hydrogen) atoms. The number of hydrogen-bond acceptors (Lipinski definition) is 3. The van der Waals surface area contributed by atoms with Gasteiger partial charge in [-0.2, -0.15) is 0 Å². The van der Waals surface area contributed by atoms with Crippen molar-refractivity contribution in [1.29, 1.82) is 0 Å². The van der Waals surface area contributed by atoms with Crippen LogP contribution in [0.2, 0.25) is 5.15 Å². The second-order valence-electron chi connectivity index (χ2n) is 3.36. The Morgan fingerprint density at radius 1 is 1.57 bits per heavy atom. The third kappa shape index (κ3) is 2.59. The van der Waals surface area contributed by atoms with Crippen LogP contribution in [0.5, 0.6) is 5.75 Å².